The van der Waals surface area contributed by atoms with Crippen LogP contribution in [0, 0.1) is 17.8 Å². The van der Waals surface area contributed by atoms with Gasteiger partial charge in [0.15, 0.2) is 5.78 Å². The Morgan fingerprint density at radius 3 is 2.88 bits per heavy atom. The highest BCUT2D eigenvalue weighted by atomic mass is 35.5. The first-order valence-electron chi connectivity index (χ1n) is 8.97. The summed E-state index contributed by atoms with van der Waals surface area (Å²) >= 11 is 6.01. The number of ether oxygens (including phenoxy) is 2. The van der Waals surface area contributed by atoms with Crippen LogP contribution in [0.2, 0.25) is 5.02 Å². The van der Waals surface area contributed by atoms with E-state index < -0.39 is 5.60 Å². The van der Waals surface area contributed by atoms with E-state index in [1.165, 1.54) is 0 Å². The van der Waals surface area contributed by atoms with Crippen molar-refractivity contribution < 1.29 is 19.1 Å². The Hall–Kier alpha value is -1.59. The number of Topliss-reactive ketones (excluding diaryl/α,β-unsaturated/α-hetero) is 1. The molecule has 1 saturated heterocycles. The molecule has 6 heteroatoms. The molecule has 1 spiro atoms. The number of hydrogen-bond acceptors (Lipinski definition) is 4. The molecule has 25 heavy (non-hydrogen) atoms. The van der Waals surface area contributed by atoms with Gasteiger partial charge in [0.1, 0.15) is 11.4 Å². The van der Waals surface area contributed by atoms with E-state index in [4.69, 9.17) is 21.1 Å². The van der Waals surface area contributed by atoms with E-state index in [0.29, 0.717) is 55.0 Å². The molecule has 132 valence electrons. The van der Waals surface area contributed by atoms with E-state index in [9.17, 15) is 9.59 Å². The average molecular weight is 362 g/mol. The summed E-state index contributed by atoms with van der Waals surface area (Å²) in [6, 6.07) is 5.22. The monoisotopic (exact) mass is 361 g/mol. The Balaban J connectivity index is 1.39. The van der Waals surface area contributed by atoms with Crippen molar-refractivity contribution in [1.29, 1.82) is 0 Å². The van der Waals surface area contributed by atoms with E-state index >= 15 is 0 Å². The van der Waals surface area contributed by atoms with Crippen LogP contribution in [0.15, 0.2) is 18.2 Å². The predicted octanol–water partition coefficient (Wildman–Crippen LogP) is 2.56. The van der Waals surface area contributed by atoms with Gasteiger partial charge >= 0.3 is 0 Å². The molecule has 2 heterocycles. The predicted molar refractivity (Wildman–Crippen MR) is 90.9 cm³/mol. The summed E-state index contributed by atoms with van der Waals surface area (Å²) in [4.78, 5) is 27.5. The van der Waals surface area contributed by atoms with Gasteiger partial charge in [-0.15, -0.1) is 0 Å². The maximum absolute atomic E-state index is 12.9. The Morgan fingerprint density at radius 1 is 1.28 bits per heavy atom. The number of carbonyl (C=O) groups is 2. The molecule has 1 amide bonds. The number of carbonyl (C=O) groups excluding carboxylic acids is 2. The summed E-state index contributed by atoms with van der Waals surface area (Å²) in [5.74, 6) is 1.44. The van der Waals surface area contributed by atoms with Crippen LogP contribution >= 0.6 is 11.6 Å². The highest BCUT2D eigenvalue weighted by molar-refractivity contribution is 6.31. The maximum atomic E-state index is 12.9. The molecular weight excluding hydrogens is 342 g/mol. The third-order valence-electron chi connectivity index (χ3n) is 6.30. The molecule has 0 aromatic heterocycles. The quantitative estimate of drug-likeness (QED) is 0.771. The first-order chi connectivity index (χ1) is 12.1. The van der Waals surface area contributed by atoms with Gasteiger partial charge < -0.3 is 14.4 Å². The lowest BCUT2D eigenvalue weighted by Crippen LogP contribution is -2.46. The van der Waals surface area contributed by atoms with Crippen molar-refractivity contribution in [3.63, 3.8) is 0 Å². The third-order valence-corrected chi connectivity index (χ3v) is 6.53. The molecule has 1 aromatic rings. The fourth-order valence-corrected chi connectivity index (χ4v) is 5.29. The number of amides is 1. The largest absolute Gasteiger partial charge is 0.486 e. The Morgan fingerprint density at radius 2 is 2.08 bits per heavy atom. The second kappa shape index (κ2) is 5.45. The van der Waals surface area contributed by atoms with Crippen molar-refractivity contribution in [3.8, 4) is 5.75 Å². The van der Waals surface area contributed by atoms with Gasteiger partial charge in [-0.05, 0) is 37.0 Å². The Bertz CT molecular complexity index is 760. The van der Waals surface area contributed by atoms with Gasteiger partial charge in [-0.3, -0.25) is 9.59 Å². The summed E-state index contributed by atoms with van der Waals surface area (Å²) in [6.07, 6.45) is 2.17. The Labute approximate surface area is 151 Å². The smallest absolute Gasteiger partial charge is 0.226 e. The molecule has 2 aliphatic carbocycles. The second-order valence-corrected chi connectivity index (χ2v) is 8.04. The molecule has 4 atom stereocenters. The number of halogens is 1. The summed E-state index contributed by atoms with van der Waals surface area (Å²) in [5, 5.41) is 0.544. The van der Waals surface area contributed by atoms with Crippen molar-refractivity contribution in [2.45, 2.75) is 24.9 Å². The maximum Gasteiger partial charge on any atom is 0.226 e. The minimum absolute atomic E-state index is 0.00787. The molecule has 2 saturated carbocycles. The Kier molecular flexibility index (Phi) is 3.41. The number of benzene rings is 1. The van der Waals surface area contributed by atoms with E-state index in [0.717, 1.165) is 12.8 Å². The van der Waals surface area contributed by atoms with E-state index in [1.54, 1.807) is 18.2 Å². The first-order valence-corrected chi connectivity index (χ1v) is 9.35. The van der Waals surface area contributed by atoms with Crippen LogP contribution in [0.1, 0.15) is 29.6 Å². The molecule has 0 N–H and O–H groups in total. The molecule has 5 rings (SSSR count). The van der Waals surface area contributed by atoms with Gasteiger partial charge in [-0.2, -0.15) is 0 Å². The first kappa shape index (κ1) is 15.6. The fraction of sp³-hybridized carbons (Fsp3) is 0.579. The fourth-order valence-electron chi connectivity index (χ4n) is 5.12. The lowest BCUT2D eigenvalue weighted by molar-refractivity contribution is -0.138. The molecule has 2 aliphatic heterocycles. The molecule has 0 radical (unpaired) electrons. The van der Waals surface area contributed by atoms with E-state index in [1.807, 2.05) is 4.90 Å². The zero-order valence-electron chi connectivity index (χ0n) is 13.9. The van der Waals surface area contributed by atoms with Gasteiger partial charge in [-0.25, -0.2) is 0 Å². The lowest BCUT2D eigenvalue weighted by atomic mass is 9.84. The highest BCUT2D eigenvalue weighted by Crippen LogP contribution is 2.66. The van der Waals surface area contributed by atoms with Crippen molar-refractivity contribution in [3.05, 3.63) is 28.8 Å². The van der Waals surface area contributed by atoms with Crippen LogP contribution in [0.3, 0.4) is 0 Å². The third kappa shape index (κ3) is 2.32. The van der Waals surface area contributed by atoms with Gasteiger partial charge in [0.2, 0.25) is 5.91 Å². The van der Waals surface area contributed by atoms with Gasteiger partial charge in [0.05, 0.1) is 25.2 Å². The molecule has 5 nitrogen and oxygen atoms in total. The molecule has 0 bridgehead atoms. The summed E-state index contributed by atoms with van der Waals surface area (Å²) in [5.41, 5.74) is 0.0631. The number of fused-ring (bicyclic) bond motifs is 3. The van der Waals surface area contributed by atoms with Gasteiger partial charge in [0.25, 0.3) is 0 Å². The summed E-state index contributed by atoms with van der Waals surface area (Å²) in [6.45, 7) is 2.57. The average Bonchev–Trinajstić information content (AvgIpc) is 3.27. The summed E-state index contributed by atoms with van der Waals surface area (Å²) in [7, 11) is 0. The van der Waals surface area contributed by atoms with E-state index in [-0.39, 0.29) is 23.5 Å². The molecule has 1 aromatic carbocycles. The van der Waals surface area contributed by atoms with Crippen molar-refractivity contribution in [2.24, 2.45) is 17.8 Å². The standard InChI is InChI=1S/C19H20ClNO4/c20-11-1-2-15-13(9-11)14(22)10-19(25-15)4-3-12-16(17(12)19)18(23)21-5-7-24-8-6-21/h1-2,9,12,16-17H,3-8,10H2/t12-,16+,17+,19+/m1/s1. The molecule has 3 fully saturated rings. The number of ketones is 1. The molecule has 4 aliphatic rings. The van der Waals surface area contributed by atoms with Crippen LogP contribution < -0.4 is 4.74 Å². The normalized spacial score (nSPS) is 36.0. The van der Waals surface area contributed by atoms with Crippen LogP contribution in [0.25, 0.3) is 0 Å². The SMILES string of the molecule is O=C1C[C@]2(CC[C@@H]3[C@H](C(=O)N4CCOCC4)[C@H]32)Oc2ccc(Cl)cc21. The van der Waals surface area contributed by atoms with Crippen molar-refractivity contribution in [2.75, 3.05) is 26.3 Å². The zero-order chi connectivity index (χ0) is 17.2. The van der Waals surface area contributed by atoms with Crippen LogP contribution in [-0.2, 0) is 9.53 Å². The van der Waals surface area contributed by atoms with Gasteiger partial charge in [-0.1, -0.05) is 11.6 Å². The molecular formula is C19H20ClNO4. The number of rotatable bonds is 1. The van der Waals surface area contributed by atoms with Crippen LogP contribution in [-0.4, -0.2) is 48.5 Å². The van der Waals surface area contributed by atoms with Crippen molar-refractivity contribution >= 4 is 23.3 Å². The lowest BCUT2D eigenvalue weighted by Gasteiger charge is -2.37. The topological polar surface area (TPSA) is 55.8 Å². The minimum Gasteiger partial charge on any atom is -0.486 e. The summed E-state index contributed by atoms with van der Waals surface area (Å²) < 4.78 is 11.7. The van der Waals surface area contributed by atoms with Crippen molar-refractivity contribution in [1.82, 2.24) is 4.90 Å². The molecule has 0 unspecified atom stereocenters. The number of hydrogen-bond donors (Lipinski definition) is 0. The second-order valence-electron chi connectivity index (χ2n) is 7.60. The van der Waals surface area contributed by atoms with Crippen LogP contribution in [0.5, 0.6) is 5.75 Å². The van der Waals surface area contributed by atoms with E-state index in [2.05, 4.69) is 0 Å². The minimum atomic E-state index is -0.505. The number of nitrogens with zero attached hydrogens (tertiary/aromatic N) is 1. The van der Waals surface area contributed by atoms with Gasteiger partial charge in [0, 0.05) is 29.9 Å². The number of morpholine rings is 1. The van der Waals surface area contributed by atoms with Crippen LogP contribution in [0.4, 0.5) is 0 Å². The zero-order valence-corrected chi connectivity index (χ0v) is 14.6. The highest BCUT2D eigenvalue weighted by Gasteiger charge is 2.71.